The number of para-hydroxylation sites is 3. The van der Waals surface area contributed by atoms with Crippen LogP contribution in [0.15, 0.2) is 279 Å². The first-order chi connectivity index (χ1) is 33.8. The summed E-state index contributed by atoms with van der Waals surface area (Å²) in [5, 5.41) is 2.47. The molecule has 1 aromatic heterocycles. The summed E-state index contributed by atoms with van der Waals surface area (Å²) in [5.74, 6) is 0. The van der Waals surface area contributed by atoms with Crippen molar-refractivity contribution in [2.75, 3.05) is 4.90 Å². The van der Waals surface area contributed by atoms with Gasteiger partial charge < -0.3 is 9.47 Å². The van der Waals surface area contributed by atoms with Crippen molar-refractivity contribution >= 4 is 38.9 Å². The largest absolute Gasteiger partial charge is 0.310 e. The van der Waals surface area contributed by atoms with Crippen LogP contribution in [0.1, 0.15) is 0 Å². The molecule has 68 heavy (non-hydrogen) atoms. The van der Waals surface area contributed by atoms with Crippen LogP contribution >= 0.6 is 0 Å². The standard InChI is InChI=1S/C66H46N2/c1-5-21-47(22-6-1)56-31-13-14-34-61(56)66-58(49-25-9-3-10-26-49)35-20-36-59(66)50-39-42-54(43-40-50)67(63-37-17-15-32-57(63)48-23-7-2-8-24-48)55-30-19-27-51(45-55)52-41-44-65-62(46-52)60-33-16-18-38-64(60)68(65)53-28-11-4-12-29-53/h1-46H. The second-order valence-electron chi connectivity index (χ2n) is 17.2. The number of aromatic nitrogens is 1. The molecule has 0 saturated heterocycles. The molecular formula is C66H46N2. The fourth-order valence-electron chi connectivity index (χ4n) is 10.1. The van der Waals surface area contributed by atoms with E-state index in [1.165, 1.54) is 71.9 Å². The van der Waals surface area contributed by atoms with Crippen LogP contribution in [0.25, 0.3) is 94.3 Å². The van der Waals surface area contributed by atoms with Crippen molar-refractivity contribution < 1.29 is 0 Å². The maximum absolute atomic E-state index is 2.42. The van der Waals surface area contributed by atoms with Crippen molar-refractivity contribution in [2.45, 2.75) is 0 Å². The maximum Gasteiger partial charge on any atom is 0.0541 e. The van der Waals surface area contributed by atoms with E-state index in [4.69, 9.17) is 0 Å². The van der Waals surface area contributed by atoms with E-state index in [1.807, 2.05) is 0 Å². The summed E-state index contributed by atoms with van der Waals surface area (Å²) in [7, 11) is 0. The van der Waals surface area contributed by atoms with E-state index in [0.29, 0.717) is 0 Å². The van der Waals surface area contributed by atoms with Gasteiger partial charge in [-0.05, 0) is 122 Å². The first-order valence-corrected chi connectivity index (χ1v) is 23.3. The minimum Gasteiger partial charge on any atom is -0.310 e. The molecule has 12 rings (SSSR count). The molecule has 0 radical (unpaired) electrons. The fourth-order valence-corrected chi connectivity index (χ4v) is 10.1. The molecule has 0 bridgehead atoms. The van der Waals surface area contributed by atoms with E-state index in [0.717, 1.165) is 39.4 Å². The van der Waals surface area contributed by atoms with Crippen LogP contribution in [-0.2, 0) is 0 Å². The highest BCUT2D eigenvalue weighted by Crippen LogP contribution is 2.46. The first kappa shape index (κ1) is 40.5. The number of nitrogens with zero attached hydrogens (tertiary/aromatic N) is 2. The lowest BCUT2D eigenvalue weighted by Gasteiger charge is -2.28. The van der Waals surface area contributed by atoms with Gasteiger partial charge in [-0.1, -0.05) is 218 Å². The van der Waals surface area contributed by atoms with Crippen LogP contribution in [0, 0.1) is 0 Å². The quantitative estimate of drug-likeness (QED) is 0.133. The van der Waals surface area contributed by atoms with Gasteiger partial charge in [-0.2, -0.15) is 0 Å². The Kier molecular flexibility index (Phi) is 10.6. The van der Waals surface area contributed by atoms with Crippen LogP contribution in [0.2, 0.25) is 0 Å². The summed E-state index contributed by atoms with van der Waals surface area (Å²) >= 11 is 0. The van der Waals surface area contributed by atoms with Gasteiger partial charge in [-0.25, -0.2) is 0 Å². The van der Waals surface area contributed by atoms with Crippen LogP contribution < -0.4 is 4.90 Å². The number of rotatable bonds is 10. The summed E-state index contributed by atoms with van der Waals surface area (Å²) in [6.07, 6.45) is 0. The summed E-state index contributed by atoms with van der Waals surface area (Å²) in [4.78, 5) is 2.42. The Bertz CT molecular complexity index is 3710. The molecule has 0 atom stereocenters. The molecule has 2 heteroatoms. The minimum atomic E-state index is 1.07. The zero-order chi connectivity index (χ0) is 45.2. The highest BCUT2D eigenvalue weighted by atomic mass is 15.1. The summed E-state index contributed by atoms with van der Waals surface area (Å²) in [6.45, 7) is 0. The van der Waals surface area contributed by atoms with Gasteiger partial charge in [0.1, 0.15) is 0 Å². The highest BCUT2D eigenvalue weighted by Gasteiger charge is 2.21. The van der Waals surface area contributed by atoms with Crippen molar-refractivity contribution in [1.82, 2.24) is 4.57 Å². The number of benzene rings is 11. The molecule has 11 aromatic carbocycles. The van der Waals surface area contributed by atoms with E-state index >= 15 is 0 Å². The molecule has 1 heterocycles. The predicted octanol–water partition coefficient (Wildman–Crippen LogP) is 18.3. The zero-order valence-electron chi connectivity index (χ0n) is 37.5. The van der Waals surface area contributed by atoms with Crippen molar-refractivity contribution in [2.24, 2.45) is 0 Å². The molecule has 0 fully saturated rings. The zero-order valence-corrected chi connectivity index (χ0v) is 37.5. The molecule has 320 valence electrons. The lowest BCUT2D eigenvalue weighted by Crippen LogP contribution is -2.11. The van der Waals surface area contributed by atoms with Gasteiger partial charge in [0, 0.05) is 33.4 Å². The number of hydrogen-bond acceptors (Lipinski definition) is 1. The molecule has 12 aromatic rings. The lowest BCUT2D eigenvalue weighted by atomic mass is 9.84. The summed E-state index contributed by atoms with van der Waals surface area (Å²) in [6, 6.07) is 101. The Morgan fingerprint density at radius 1 is 0.250 bits per heavy atom. The van der Waals surface area contributed by atoms with Gasteiger partial charge in [0.05, 0.1) is 16.7 Å². The summed E-state index contributed by atoms with van der Waals surface area (Å²) < 4.78 is 2.37. The second-order valence-corrected chi connectivity index (χ2v) is 17.2. The Hall–Kier alpha value is -8.98. The lowest BCUT2D eigenvalue weighted by molar-refractivity contribution is 1.18. The van der Waals surface area contributed by atoms with Gasteiger partial charge in [0.2, 0.25) is 0 Å². The minimum absolute atomic E-state index is 1.07. The van der Waals surface area contributed by atoms with Crippen LogP contribution in [0.4, 0.5) is 17.1 Å². The first-order valence-electron chi connectivity index (χ1n) is 23.3. The average Bonchev–Trinajstić information content (AvgIpc) is 3.76. The molecule has 0 spiro atoms. The van der Waals surface area contributed by atoms with E-state index in [9.17, 15) is 0 Å². The molecule has 0 saturated carbocycles. The second kappa shape index (κ2) is 17.8. The molecule has 0 aliphatic rings. The monoisotopic (exact) mass is 866 g/mol. The summed E-state index contributed by atoms with van der Waals surface area (Å²) in [5.41, 5.74) is 21.0. The topological polar surface area (TPSA) is 8.17 Å². The third-order valence-electron chi connectivity index (χ3n) is 13.2. The van der Waals surface area contributed by atoms with Crippen LogP contribution in [0.3, 0.4) is 0 Å². The molecular weight excluding hydrogens is 821 g/mol. The number of hydrogen-bond donors (Lipinski definition) is 0. The third-order valence-corrected chi connectivity index (χ3v) is 13.2. The van der Waals surface area contributed by atoms with E-state index in [2.05, 4.69) is 289 Å². The highest BCUT2D eigenvalue weighted by molar-refractivity contribution is 6.10. The normalized spacial score (nSPS) is 11.2. The van der Waals surface area contributed by atoms with Crippen LogP contribution in [0.5, 0.6) is 0 Å². The van der Waals surface area contributed by atoms with Crippen molar-refractivity contribution in [3.8, 4) is 72.4 Å². The van der Waals surface area contributed by atoms with Crippen LogP contribution in [-0.4, -0.2) is 4.57 Å². The fraction of sp³-hybridized carbons (Fsp3) is 0. The number of fused-ring (bicyclic) bond motifs is 3. The van der Waals surface area contributed by atoms with E-state index in [1.54, 1.807) is 0 Å². The SMILES string of the molecule is c1ccc(-c2ccccc2-c2c(-c3ccccc3)cccc2-c2ccc(N(c3cccc(-c4ccc5c(c4)c4ccccc4n5-c4ccccc4)c3)c3ccccc3-c3ccccc3)cc2)cc1. The third kappa shape index (κ3) is 7.45. The maximum atomic E-state index is 2.42. The molecule has 0 N–H and O–H groups in total. The van der Waals surface area contributed by atoms with Gasteiger partial charge in [0.15, 0.2) is 0 Å². The predicted molar refractivity (Wildman–Crippen MR) is 288 cm³/mol. The molecule has 2 nitrogen and oxygen atoms in total. The van der Waals surface area contributed by atoms with Crippen molar-refractivity contribution in [3.63, 3.8) is 0 Å². The smallest absolute Gasteiger partial charge is 0.0541 e. The number of anilines is 3. The van der Waals surface area contributed by atoms with Gasteiger partial charge in [0.25, 0.3) is 0 Å². The Labute approximate surface area is 397 Å². The Balaban J connectivity index is 1.01. The molecule has 0 amide bonds. The van der Waals surface area contributed by atoms with E-state index < -0.39 is 0 Å². The van der Waals surface area contributed by atoms with Crippen molar-refractivity contribution in [1.29, 1.82) is 0 Å². The van der Waals surface area contributed by atoms with E-state index in [-0.39, 0.29) is 0 Å². The Morgan fingerprint density at radius 3 is 1.40 bits per heavy atom. The molecule has 0 aliphatic carbocycles. The average molecular weight is 867 g/mol. The van der Waals surface area contributed by atoms with Crippen molar-refractivity contribution in [3.05, 3.63) is 279 Å². The molecule has 0 aliphatic heterocycles. The molecule has 0 unspecified atom stereocenters. The van der Waals surface area contributed by atoms with Gasteiger partial charge in [-0.15, -0.1) is 0 Å². The van der Waals surface area contributed by atoms with Gasteiger partial charge in [-0.3, -0.25) is 0 Å². The van der Waals surface area contributed by atoms with Gasteiger partial charge >= 0.3 is 0 Å². The Morgan fingerprint density at radius 2 is 0.706 bits per heavy atom.